The van der Waals surface area contributed by atoms with Gasteiger partial charge in [0, 0.05) is 43.0 Å². The van der Waals surface area contributed by atoms with Crippen molar-refractivity contribution in [3.63, 3.8) is 0 Å². The number of nitrogens with two attached hydrogens (primary N) is 1. The van der Waals surface area contributed by atoms with Crippen molar-refractivity contribution in [3.8, 4) is 11.3 Å². The number of carbonyl (C=O) groups is 2. The Kier molecular flexibility index (Phi) is 8.06. The summed E-state index contributed by atoms with van der Waals surface area (Å²) in [6.07, 6.45) is 7.37. The molecule has 0 bridgehead atoms. The second-order valence-electron chi connectivity index (χ2n) is 10.8. The minimum absolute atomic E-state index is 0.0137. The highest BCUT2D eigenvalue weighted by molar-refractivity contribution is 6.04. The van der Waals surface area contributed by atoms with Crippen LogP contribution in [0, 0.1) is 0 Å². The number of aromatic nitrogens is 5. The van der Waals surface area contributed by atoms with E-state index in [-0.39, 0.29) is 17.9 Å². The number of anilines is 2. The number of likely N-dealkylation sites (tertiary alicyclic amines) is 1. The standard InChI is InChI=1S/C30H35N9O2/c1-19(2)22-11-13-32-24(16-22)35-30(41)21-9-7-20(8-10-21)27-26-28(31)33-18-34-29(26)39(36-27)23-12-15-38(17-23)25(40)6-5-14-37(3)4/h5-11,13,16,18-19,23H,12,14-15,17H2,1-4H3,(H2,31,33,34)(H,32,35,41)/b6-5+/t23-/m1/s1. The average Bonchev–Trinajstić information content (AvgIpc) is 3.59. The highest BCUT2D eigenvalue weighted by Gasteiger charge is 2.30. The molecule has 0 saturated carbocycles. The first kappa shape index (κ1) is 27.9. The van der Waals surface area contributed by atoms with Crippen LogP contribution >= 0.6 is 0 Å². The van der Waals surface area contributed by atoms with Gasteiger partial charge in [0.1, 0.15) is 23.7 Å². The Balaban J connectivity index is 1.37. The van der Waals surface area contributed by atoms with Gasteiger partial charge in [-0.3, -0.25) is 9.59 Å². The number of amides is 2. The SMILES string of the molecule is CC(C)c1ccnc(NC(=O)c2ccc(-c3nn([C@@H]4CCN(C(=O)/C=C/CN(C)C)C4)c4ncnc(N)c34)cc2)c1. The maximum absolute atomic E-state index is 12.9. The van der Waals surface area contributed by atoms with Gasteiger partial charge in [0.25, 0.3) is 5.91 Å². The van der Waals surface area contributed by atoms with Crippen molar-refractivity contribution in [2.75, 3.05) is 44.8 Å². The van der Waals surface area contributed by atoms with Gasteiger partial charge < -0.3 is 20.9 Å². The molecule has 4 aromatic rings. The smallest absolute Gasteiger partial charge is 0.256 e. The van der Waals surface area contributed by atoms with E-state index in [1.807, 2.05) is 58.9 Å². The molecule has 3 aromatic heterocycles. The van der Waals surface area contributed by atoms with E-state index in [0.717, 1.165) is 17.5 Å². The van der Waals surface area contributed by atoms with E-state index in [4.69, 9.17) is 10.8 Å². The topological polar surface area (TPSA) is 135 Å². The number of hydrogen-bond donors (Lipinski definition) is 2. The van der Waals surface area contributed by atoms with Gasteiger partial charge in [-0.15, -0.1) is 0 Å². The zero-order chi connectivity index (χ0) is 29.1. The number of hydrogen-bond acceptors (Lipinski definition) is 8. The van der Waals surface area contributed by atoms with Crippen molar-refractivity contribution in [2.45, 2.75) is 32.2 Å². The van der Waals surface area contributed by atoms with Gasteiger partial charge in [-0.05, 0) is 56.3 Å². The molecule has 11 heteroatoms. The number of carbonyl (C=O) groups excluding carboxylic acids is 2. The molecule has 5 rings (SSSR count). The number of nitrogens with one attached hydrogen (secondary N) is 1. The van der Waals surface area contributed by atoms with Crippen molar-refractivity contribution in [2.24, 2.45) is 0 Å². The lowest BCUT2D eigenvalue weighted by molar-refractivity contribution is -0.125. The van der Waals surface area contributed by atoms with Crippen molar-refractivity contribution >= 4 is 34.5 Å². The molecule has 0 aliphatic carbocycles. The molecule has 11 nitrogen and oxygen atoms in total. The Labute approximate surface area is 239 Å². The van der Waals surface area contributed by atoms with Crippen LogP contribution in [0.25, 0.3) is 22.3 Å². The Morgan fingerprint density at radius 2 is 1.93 bits per heavy atom. The maximum Gasteiger partial charge on any atom is 0.256 e. The van der Waals surface area contributed by atoms with Crippen molar-refractivity contribution in [1.82, 2.24) is 34.5 Å². The lowest BCUT2D eigenvalue weighted by atomic mass is 10.0. The Morgan fingerprint density at radius 1 is 1.15 bits per heavy atom. The fraction of sp³-hybridized carbons (Fsp3) is 0.333. The van der Waals surface area contributed by atoms with E-state index >= 15 is 0 Å². The summed E-state index contributed by atoms with van der Waals surface area (Å²) in [6.45, 7) is 6.04. The van der Waals surface area contributed by atoms with E-state index in [2.05, 4.69) is 34.1 Å². The van der Waals surface area contributed by atoms with Gasteiger partial charge in [-0.2, -0.15) is 5.10 Å². The van der Waals surface area contributed by atoms with Gasteiger partial charge in [0.2, 0.25) is 5.91 Å². The molecular formula is C30H35N9O2. The molecule has 3 N–H and O–H groups in total. The summed E-state index contributed by atoms with van der Waals surface area (Å²) in [5.41, 5.74) is 9.93. The summed E-state index contributed by atoms with van der Waals surface area (Å²) in [6, 6.07) is 11.0. The quantitative estimate of drug-likeness (QED) is 0.315. The number of benzene rings is 1. The summed E-state index contributed by atoms with van der Waals surface area (Å²) in [7, 11) is 3.92. The lowest BCUT2D eigenvalue weighted by Gasteiger charge is -2.15. The van der Waals surface area contributed by atoms with Crippen LogP contribution in [0.3, 0.4) is 0 Å². The normalized spacial score (nSPS) is 15.5. The fourth-order valence-electron chi connectivity index (χ4n) is 4.91. The highest BCUT2D eigenvalue weighted by Crippen LogP contribution is 2.34. The van der Waals surface area contributed by atoms with Gasteiger partial charge in [-0.1, -0.05) is 32.1 Å². The third-order valence-electron chi connectivity index (χ3n) is 7.18. The summed E-state index contributed by atoms with van der Waals surface area (Å²) >= 11 is 0. The first-order valence-corrected chi connectivity index (χ1v) is 13.7. The van der Waals surface area contributed by atoms with Crippen LogP contribution in [0.4, 0.5) is 11.6 Å². The minimum Gasteiger partial charge on any atom is -0.383 e. The van der Waals surface area contributed by atoms with E-state index in [1.165, 1.54) is 6.33 Å². The molecule has 1 fully saturated rings. The molecule has 41 heavy (non-hydrogen) atoms. The molecule has 1 aromatic carbocycles. The van der Waals surface area contributed by atoms with E-state index in [0.29, 0.717) is 59.5 Å². The second-order valence-corrected chi connectivity index (χ2v) is 10.8. The second kappa shape index (κ2) is 11.8. The Hall–Kier alpha value is -4.64. The van der Waals surface area contributed by atoms with Crippen molar-refractivity contribution < 1.29 is 9.59 Å². The van der Waals surface area contributed by atoms with Gasteiger partial charge in [-0.25, -0.2) is 19.6 Å². The van der Waals surface area contributed by atoms with E-state index in [9.17, 15) is 9.59 Å². The zero-order valence-electron chi connectivity index (χ0n) is 23.8. The van der Waals surface area contributed by atoms with E-state index in [1.54, 1.807) is 24.4 Å². The Bertz CT molecular complexity index is 1590. The number of pyridine rings is 1. The number of fused-ring (bicyclic) bond motifs is 1. The first-order valence-electron chi connectivity index (χ1n) is 13.7. The molecule has 0 radical (unpaired) electrons. The molecule has 0 spiro atoms. The van der Waals surface area contributed by atoms with Gasteiger partial charge in [0.05, 0.1) is 11.4 Å². The van der Waals surface area contributed by atoms with Gasteiger partial charge >= 0.3 is 0 Å². The summed E-state index contributed by atoms with van der Waals surface area (Å²) < 4.78 is 1.85. The number of nitrogens with zero attached hydrogens (tertiary/aromatic N) is 7. The molecule has 212 valence electrons. The predicted octanol–water partition coefficient (Wildman–Crippen LogP) is 3.74. The largest absolute Gasteiger partial charge is 0.383 e. The summed E-state index contributed by atoms with van der Waals surface area (Å²) in [5.74, 6) is 0.902. The van der Waals surface area contributed by atoms with Crippen LogP contribution < -0.4 is 11.1 Å². The van der Waals surface area contributed by atoms with Gasteiger partial charge in [0.15, 0.2) is 5.65 Å². The molecular weight excluding hydrogens is 518 g/mol. The van der Waals surface area contributed by atoms with Crippen LogP contribution in [-0.4, -0.2) is 80.1 Å². The van der Waals surface area contributed by atoms with Crippen LogP contribution in [0.5, 0.6) is 0 Å². The predicted molar refractivity (Wildman–Crippen MR) is 159 cm³/mol. The van der Waals surface area contributed by atoms with E-state index < -0.39 is 0 Å². The lowest BCUT2D eigenvalue weighted by Crippen LogP contribution is -2.28. The van der Waals surface area contributed by atoms with Crippen molar-refractivity contribution in [1.29, 1.82) is 0 Å². The number of likely N-dealkylation sites (N-methyl/N-ethyl adjacent to an activating group) is 1. The van der Waals surface area contributed by atoms with Crippen LogP contribution in [0.2, 0.25) is 0 Å². The molecule has 0 unspecified atom stereocenters. The minimum atomic E-state index is -0.251. The number of nitrogen functional groups attached to an aromatic ring is 1. The molecule has 2 amide bonds. The Morgan fingerprint density at radius 3 is 2.66 bits per heavy atom. The zero-order valence-corrected chi connectivity index (χ0v) is 23.8. The summed E-state index contributed by atoms with van der Waals surface area (Å²) in [4.78, 5) is 42.4. The number of rotatable bonds is 8. The monoisotopic (exact) mass is 553 g/mol. The van der Waals surface area contributed by atoms with Crippen LogP contribution in [0.1, 0.15) is 48.1 Å². The third kappa shape index (κ3) is 6.09. The first-order chi connectivity index (χ1) is 19.7. The van der Waals surface area contributed by atoms with Crippen LogP contribution in [0.15, 0.2) is 61.1 Å². The highest BCUT2D eigenvalue weighted by atomic mass is 16.2. The maximum atomic E-state index is 12.9. The van der Waals surface area contributed by atoms with Crippen molar-refractivity contribution in [3.05, 3.63) is 72.2 Å². The molecule has 1 saturated heterocycles. The molecule has 1 atom stereocenters. The van der Waals surface area contributed by atoms with Crippen LogP contribution in [-0.2, 0) is 4.79 Å². The average molecular weight is 554 g/mol. The molecule has 1 aliphatic heterocycles. The summed E-state index contributed by atoms with van der Waals surface area (Å²) in [5, 5.41) is 8.43. The molecule has 4 heterocycles. The third-order valence-corrected chi connectivity index (χ3v) is 7.18. The fourth-order valence-corrected chi connectivity index (χ4v) is 4.91. The molecule has 1 aliphatic rings.